The van der Waals surface area contributed by atoms with Crippen molar-refractivity contribution in [2.45, 2.75) is 25.0 Å². The first kappa shape index (κ1) is 14.9. The summed E-state index contributed by atoms with van der Waals surface area (Å²) in [6.45, 7) is 4.56. The number of hydrogen-bond donors (Lipinski definition) is 1. The van der Waals surface area contributed by atoms with Gasteiger partial charge in [0, 0.05) is 7.05 Å². The van der Waals surface area contributed by atoms with Crippen LogP contribution in [0.1, 0.15) is 19.5 Å². The monoisotopic (exact) mass is 279 g/mol. The Kier molecular flexibility index (Phi) is 5.89. The van der Waals surface area contributed by atoms with Crippen LogP contribution in [0.5, 0.6) is 0 Å². The van der Waals surface area contributed by atoms with E-state index in [0.717, 1.165) is 10.7 Å². The van der Waals surface area contributed by atoms with Crippen LogP contribution in [0.15, 0.2) is 11.1 Å². The van der Waals surface area contributed by atoms with Crippen LogP contribution in [0.4, 0.5) is 0 Å². The molecule has 0 fully saturated rings. The molecule has 1 heterocycles. The second-order valence-electron chi connectivity index (χ2n) is 3.43. The van der Waals surface area contributed by atoms with E-state index in [2.05, 4.69) is 5.10 Å². The minimum absolute atomic E-state index is 0.336. The van der Waals surface area contributed by atoms with E-state index in [1.807, 2.05) is 33.2 Å². The van der Waals surface area contributed by atoms with E-state index < -0.39 is 7.94 Å². The van der Waals surface area contributed by atoms with Gasteiger partial charge in [-0.25, -0.2) is 0 Å². The topological polar surface area (TPSA) is 56.5 Å². The third kappa shape index (κ3) is 4.23. The maximum atomic E-state index is 10.2. The van der Waals surface area contributed by atoms with Gasteiger partial charge in [-0.3, -0.25) is 4.68 Å². The fourth-order valence-electron chi connectivity index (χ4n) is 1.51. The highest BCUT2D eigenvalue weighted by Crippen LogP contribution is 2.59. The molecule has 0 aliphatic rings. The molecule has 0 bridgehead atoms. The summed E-state index contributed by atoms with van der Waals surface area (Å²) >= 11 is 1.62. The van der Waals surface area contributed by atoms with Crippen molar-refractivity contribution in [3.05, 3.63) is 11.8 Å². The minimum Gasteiger partial charge on any atom is -0.262 e. The molecule has 98 valence electrons. The van der Waals surface area contributed by atoms with Crippen molar-refractivity contribution >= 4 is 19.7 Å². The zero-order valence-corrected chi connectivity index (χ0v) is 12.4. The molecule has 0 saturated heterocycles. The Morgan fingerprint density at radius 1 is 1.41 bits per heavy atom. The van der Waals surface area contributed by atoms with Crippen molar-refractivity contribution in [1.82, 2.24) is 9.78 Å². The van der Waals surface area contributed by atoms with Crippen LogP contribution < -0.4 is 0 Å². The van der Waals surface area contributed by atoms with Gasteiger partial charge in [0.05, 0.1) is 18.2 Å². The largest absolute Gasteiger partial charge is 0.415 e. The lowest BCUT2D eigenvalue weighted by Crippen LogP contribution is -2.06. The first-order chi connectivity index (χ1) is 8.04. The maximum Gasteiger partial charge on any atom is 0.415 e. The Labute approximate surface area is 107 Å². The fourth-order valence-corrected chi connectivity index (χ4v) is 3.70. The van der Waals surface area contributed by atoms with E-state index in [9.17, 15) is 4.89 Å². The van der Waals surface area contributed by atoms with Crippen molar-refractivity contribution in [3.63, 3.8) is 0 Å². The van der Waals surface area contributed by atoms with Gasteiger partial charge in [-0.2, -0.15) is 19.0 Å². The van der Waals surface area contributed by atoms with Crippen LogP contribution in [-0.4, -0.2) is 34.1 Å². The quantitative estimate of drug-likeness (QED) is 0.614. The highest BCUT2D eigenvalue weighted by Gasteiger charge is 2.41. The first-order valence-electron chi connectivity index (χ1n) is 5.51. The summed E-state index contributed by atoms with van der Waals surface area (Å²) in [4.78, 5) is 10.2. The zero-order chi connectivity index (χ0) is 12.9. The molecule has 0 aliphatic carbocycles. The summed E-state index contributed by atoms with van der Waals surface area (Å²) in [5.74, 6) is 0. The normalized spacial score (nSPS) is 12.1. The number of nitrogens with zero attached hydrogens (tertiary/aromatic N) is 2. The number of rotatable bonds is 7. The molecule has 0 saturated carbocycles. The van der Waals surface area contributed by atoms with Crippen LogP contribution in [0.25, 0.3) is 0 Å². The number of aryl methyl sites for hydroxylation is 1. The molecule has 1 N–H and O–H groups in total. The first-order valence-corrected chi connectivity index (χ1v) is 8.50. The van der Waals surface area contributed by atoms with Crippen molar-refractivity contribution in [3.8, 4) is 0 Å². The molecular formula is C10H20N2O3PS+. The highest BCUT2D eigenvalue weighted by atomic mass is 32.2. The number of hydrogen-bond acceptors (Lipinski definition) is 5. The van der Waals surface area contributed by atoms with Crippen LogP contribution >= 0.6 is 19.7 Å². The van der Waals surface area contributed by atoms with E-state index >= 15 is 0 Å². The second kappa shape index (κ2) is 6.71. The summed E-state index contributed by atoms with van der Waals surface area (Å²) in [7, 11) is -0.910. The van der Waals surface area contributed by atoms with E-state index in [0.29, 0.717) is 19.4 Å². The fraction of sp³-hybridized carbons (Fsp3) is 0.700. The Balaban J connectivity index is 2.78. The van der Waals surface area contributed by atoms with Gasteiger partial charge in [0.1, 0.15) is 5.69 Å². The molecule has 1 aromatic rings. The summed E-state index contributed by atoms with van der Waals surface area (Å²) in [6, 6.07) is 1.95. The van der Waals surface area contributed by atoms with Crippen LogP contribution in [0, 0.1) is 0 Å². The summed E-state index contributed by atoms with van der Waals surface area (Å²) in [5, 5.41) is 5.39. The molecule has 0 radical (unpaired) electrons. The highest BCUT2D eigenvalue weighted by molar-refractivity contribution is 7.98. The van der Waals surface area contributed by atoms with Crippen molar-refractivity contribution in [1.29, 1.82) is 0 Å². The molecule has 0 aromatic carbocycles. The third-order valence-electron chi connectivity index (χ3n) is 2.12. The summed E-state index contributed by atoms with van der Waals surface area (Å²) in [6.07, 6.45) is 2.33. The predicted octanol–water partition coefficient (Wildman–Crippen LogP) is 2.47. The van der Waals surface area contributed by atoms with Gasteiger partial charge in [-0.05, 0) is 26.2 Å². The number of thioether (sulfide) groups is 1. The van der Waals surface area contributed by atoms with E-state index in [1.165, 1.54) is 0 Å². The van der Waals surface area contributed by atoms with Crippen molar-refractivity contribution in [2.24, 2.45) is 7.05 Å². The Hall–Kier alpha value is -0.130. The van der Waals surface area contributed by atoms with E-state index in [1.54, 1.807) is 16.4 Å². The van der Waals surface area contributed by atoms with E-state index in [4.69, 9.17) is 9.05 Å². The van der Waals surface area contributed by atoms with Gasteiger partial charge in [0.2, 0.25) is 0 Å². The standard InChI is InChI=1S/C10H20N2O3PS/c1-5-14-16(13,15-6-2)8-9-7-10(17-4)12(3)11-9/h7,13H,5-6,8H2,1-4H3/q+1. The van der Waals surface area contributed by atoms with Gasteiger partial charge in [-0.15, -0.1) is 11.8 Å². The lowest BCUT2D eigenvalue weighted by Gasteiger charge is -2.14. The molecule has 5 nitrogen and oxygen atoms in total. The molecule has 7 heteroatoms. The van der Waals surface area contributed by atoms with Gasteiger partial charge in [0.15, 0.2) is 6.16 Å². The Morgan fingerprint density at radius 3 is 2.41 bits per heavy atom. The molecule has 1 aromatic heterocycles. The zero-order valence-electron chi connectivity index (χ0n) is 10.7. The van der Waals surface area contributed by atoms with Crippen LogP contribution in [0.2, 0.25) is 0 Å². The van der Waals surface area contributed by atoms with Gasteiger partial charge in [0.25, 0.3) is 0 Å². The SMILES string of the molecule is CCO[P+](O)(Cc1cc(SC)n(C)n1)OCC. The van der Waals surface area contributed by atoms with Crippen molar-refractivity contribution < 1.29 is 13.9 Å². The van der Waals surface area contributed by atoms with Gasteiger partial charge >= 0.3 is 7.94 Å². The van der Waals surface area contributed by atoms with Crippen molar-refractivity contribution in [2.75, 3.05) is 19.5 Å². The van der Waals surface area contributed by atoms with Crippen LogP contribution in [0.3, 0.4) is 0 Å². The molecular weight excluding hydrogens is 259 g/mol. The second-order valence-corrected chi connectivity index (χ2v) is 6.37. The average Bonchev–Trinajstić information content (AvgIpc) is 2.58. The third-order valence-corrected chi connectivity index (χ3v) is 4.97. The molecule has 0 aliphatic heterocycles. The molecule has 17 heavy (non-hydrogen) atoms. The molecule has 0 spiro atoms. The summed E-state index contributed by atoms with van der Waals surface area (Å²) in [5.41, 5.74) is 0.801. The molecule has 0 atom stereocenters. The van der Waals surface area contributed by atoms with Crippen LogP contribution in [-0.2, 0) is 22.3 Å². The predicted molar refractivity (Wildman–Crippen MR) is 71.1 cm³/mol. The van der Waals surface area contributed by atoms with E-state index in [-0.39, 0.29) is 0 Å². The minimum atomic E-state index is -2.79. The van der Waals surface area contributed by atoms with Gasteiger partial charge < -0.3 is 0 Å². The molecule has 0 unspecified atom stereocenters. The maximum absolute atomic E-state index is 10.2. The average molecular weight is 279 g/mol. The molecule has 0 amide bonds. The Morgan fingerprint density at radius 2 is 2.00 bits per heavy atom. The summed E-state index contributed by atoms with van der Waals surface area (Å²) < 4.78 is 12.5. The lowest BCUT2D eigenvalue weighted by atomic mass is 10.5. The number of aromatic nitrogens is 2. The Bertz CT molecular complexity index is 353. The van der Waals surface area contributed by atoms with Gasteiger partial charge in [-0.1, -0.05) is 0 Å². The molecule has 1 rings (SSSR count). The lowest BCUT2D eigenvalue weighted by molar-refractivity contribution is 0.188. The smallest absolute Gasteiger partial charge is 0.262 e.